The molecule has 0 spiro atoms. The summed E-state index contributed by atoms with van der Waals surface area (Å²) >= 11 is 0. The lowest BCUT2D eigenvalue weighted by Gasteiger charge is -2.05. The van der Waals surface area contributed by atoms with E-state index in [1.807, 2.05) is 18.2 Å². The van der Waals surface area contributed by atoms with Crippen LogP contribution in [0.2, 0.25) is 0 Å². The average molecular weight is 263 g/mol. The van der Waals surface area contributed by atoms with Gasteiger partial charge in [0.2, 0.25) is 0 Å². The van der Waals surface area contributed by atoms with Crippen molar-refractivity contribution in [1.82, 2.24) is 0 Å². The van der Waals surface area contributed by atoms with Crippen LogP contribution in [0.25, 0.3) is 0 Å². The molecular weight excluding hydrogens is 238 g/mol. The van der Waals surface area contributed by atoms with Gasteiger partial charge in [-0.2, -0.15) is 0 Å². The lowest BCUT2D eigenvalue weighted by molar-refractivity contribution is -0.143. The molecule has 0 amide bonds. The Bertz CT molecular complexity index is 338. The third-order valence-corrected chi connectivity index (χ3v) is 3.05. The second kappa shape index (κ2) is 10.6. The van der Waals surface area contributed by atoms with Crippen molar-refractivity contribution in [1.29, 1.82) is 0 Å². The molecule has 0 aliphatic heterocycles. The van der Waals surface area contributed by atoms with Gasteiger partial charge >= 0.3 is 5.97 Å². The smallest absolute Gasteiger partial charge is 0.305 e. The monoisotopic (exact) mass is 263 g/mol. The van der Waals surface area contributed by atoms with Crippen molar-refractivity contribution in [2.24, 2.45) is 5.73 Å². The molecule has 2 N–H and O–H groups in total. The molecule has 19 heavy (non-hydrogen) atoms. The number of aryl methyl sites for hydroxylation is 1. The van der Waals surface area contributed by atoms with Gasteiger partial charge in [0.15, 0.2) is 0 Å². The van der Waals surface area contributed by atoms with E-state index in [0.717, 1.165) is 45.1 Å². The summed E-state index contributed by atoms with van der Waals surface area (Å²) in [6, 6.07) is 10.3. The normalized spacial score (nSPS) is 10.4. The Morgan fingerprint density at radius 3 is 2.47 bits per heavy atom. The highest BCUT2D eigenvalue weighted by Gasteiger charge is 2.02. The minimum atomic E-state index is -0.0687. The fraction of sp³-hybridized carbons (Fsp3) is 0.562. The van der Waals surface area contributed by atoms with Gasteiger partial charge in [-0.05, 0) is 37.8 Å². The summed E-state index contributed by atoms with van der Waals surface area (Å²) in [5, 5.41) is 0. The Morgan fingerprint density at radius 1 is 1.00 bits per heavy atom. The Balaban J connectivity index is 1.95. The van der Waals surface area contributed by atoms with E-state index in [1.54, 1.807) is 0 Å². The van der Waals surface area contributed by atoms with Crippen LogP contribution in [0.3, 0.4) is 0 Å². The van der Waals surface area contributed by atoms with Crippen LogP contribution in [0.1, 0.15) is 44.1 Å². The van der Waals surface area contributed by atoms with Crippen LogP contribution in [0.5, 0.6) is 0 Å². The zero-order valence-corrected chi connectivity index (χ0v) is 11.6. The fourth-order valence-corrected chi connectivity index (χ4v) is 1.95. The van der Waals surface area contributed by atoms with Crippen LogP contribution in [0.4, 0.5) is 0 Å². The lowest BCUT2D eigenvalue weighted by Crippen LogP contribution is -2.06. The summed E-state index contributed by atoms with van der Waals surface area (Å²) in [6.45, 7) is 1.26. The third-order valence-electron chi connectivity index (χ3n) is 3.05. The molecule has 1 rings (SSSR count). The zero-order chi connectivity index (χ0) is 13.8. The van der Waals surface area contributed by atoms with Crippen LogP contribution >= 0.6 is 0 Å². The highest BCUT2D eigenvalue weighted by atomic mass is 16.5. The number of benzene rings is 1. The first-order valence-electron chi connectivity index (χ1n) is 7.22. The van der Waals surface area contributed by atoms with Crippen molar-refractivity contribution < 1.29 is 9.53 Å². The molecule has 0 atom stereocenters. The van der Waals surface area contributed by atoms with E-state index in [4.69, 9.17) is 10.5 Å². The van der Waals surface area contributed by atoms with Crippen molar-refractivity contribution in [3.8, 4) is 0 Å². The number of hydrogen-bond donors (Lipinski definition) is 1. The molecule has 0 aliphatic rings. The van der Waals surface area contributed by atoms with E-state index in [0.29, 0.717) is 13.0 Å². The quantitative estimate of drug-likeness (QED) is 0.521. The van der Waals surface area contributed by atoms with Crippen molar-refractivity contribution in [3.63, 3.8) is 0 Å². The molecular formula is C16H25NO2. The number of esters is 1. The molecule has 106 valence electrons. The van der Waals surface area contributed by atoms with Crippen LogP contribution in [0.15, 0.2) is 30.3 Å². The molecule has 0 fully saturated rings. The third kappa shape index (κ3) is 8.38. The summed E-state index contributed by atoms with van der Waals surface area (Å²) in [5.41, 5.74) is 6.70. The number of hydrogen-bond acceptors (Lipinski definition) is 3. The van der Waals surface area contributed by atoms with Crippen LogP contribution in [-0.4, -0.2) is 19.1 Å². The highest BCUT2D eigenvalue weighted by molar-refractivity contribution is 5.69. The molecule has 1 aromatic carbocycles. The van der Waals surface area contributed by atoms with Crippen LogP contribution in [-0.2, 0) is 16.0 Å². The molecule has 0 unspecified atom stereocenters. The van der Waals surface area contributed by atoms with Crippen LogP contribution < -0.4 is 5.73 Å². The number of carbonyl (C=O) groups is 1. The number of ether oxygens (including phenoxy) is 1. The van der Waals surface area contributed by atoms with Crippen molar-refractivity contribution in [3.05, 3.63) is 35.9 Å². The Kier molecular flexibility index (Phi) is 8.73. The van der Waals surface area contributed by atoms with E-state index >= 15 is 0 Å². The molecule has 0 aliphatic carbocycles. The molecule has 0 aromatic heterocycles. The summed E-state index contributed by atoms with van der Waals surface area (Å²) in [5.74, 6) is -0.0687. The fourth-order valence-electron chi connectivity index (χ4n) is 1.95. The maximum atomic E-state index is 11.4. The van der Waals surface area contributed by atoms with E-state index in [2.05, 4.69) is 12.1 Å². The minimum Gasteiger partial charge on any atom is -0.466 e. The Labute approximate surface area is 116 Å². The van der Waals surface area contributed by atoms with E-state index < -0.39 is 0 Å². The Hall–Kier alpha value is -1.35. The average Bonchev–Trinajstić information content (AvgIpc) is 2.44. The lowest BCUT2D eigenvalue weighted by atomic mass is 10.1. The molecule has 3 heteroatoms. The first-order valence-corrected chi connectivity index (χ1v) is 7.22. The summed E-state index contributed by atoms with van der Waals surface area (Å²) in [7, 11) is 0. The topological polar surface area (TPSA) is 52.3 Å². The summed E-state index contributed by atoms with van der Waals surface area (Å²) in [4.78, 5) is 11.4. The first-order chi connectivity index (χ1) is 9.33. The number of unbranched alkanes of at least 4 members (excludes halogenated alkanes) is 3. The number of carbonyl (C=O) groups excluding carboxylic acids is 1. The highest BCUT2D eigenvalue weighted by Crippen LogP contribution is 2.05. The largest absolute Gasteiger partial charge is 0.466 e. The first kappa shape index (κ1) is 15.7. The van der Waals surface area contributed by atoms with Gasteiger partial charge in [-0.15, -0.1) is 0 Å². The van der Waals surface area contributed by atoms with Gasteiger partial charge in [0, 0.05) is 6.42 Å². The molecule has 0 saturated heterocycles. The molecule has 3 nitrogen and oxygen atoms in total. The second-order valence-corrected chi connectivity index (χ2v) is 4.76. The summed E-state index contributed by atoms with van der Waals surface area (Å²) < 4.78 is 5.21. The maximum Gasteiger partial charge on any atom is 0.305 e. The van der Waals surface area contributed by atoms with Gasteiger partial charge in [-0.3, -0.25) is 4.79 Å². The van der Waals surface area contributed by atoms with Crippen molar-refractivity contribution in [2.45, 2.75) is 44.9 Å². The summed E-state index contributed by atoms with van der Waals surface area (Å²) in [6.07, 6.45) is 6.53. The van der Waals surface area contributed by atoms with Gasteiger partial charge in [0.25, 0.3) is 0 Å². The predicted molar refractivity (Wildman–Crippen MR) is 77.9 cm³/mol. The van der Waals surface area contributed by atoms with Crippen molar-refractivity contribution in [2.75, 3.05) is 13.2 Å². The van der Waals surface area contributed by atoms with Gasteiger partial charge in [-0.25, -0.2) is 0 Å². The number of nitrogens with two attached hydrogens (primary N) is 1. The van der Waals surface area contributed by atoms with E-state index in [1.165, 1.54) is 5.56 Å². The maximum absolute atomic E-state index is 11.4. The number of rotatable bonds is 10. The molecule has 1 aromatic rings. The van der Waals surface area contributed by atoms with Gasteiger partial charge in [-0.1, -0.05) is 43.2 Å². The minimum absolute atomic E-state index is 0.0687. The van der Waals surface area contributed by atoms with Gasteiger partial charge in [0.05, 0.1) is 6.61 Å². The molecule has 0 bridgehead atoms. The van der Waals surface area contributed by atoms with Crippen LogP contribution in [0, 0.1) is 0 Å². The Morgan fingerprint density at radius 2 is 1.74 bits per heavy atom. The van der Waals surface area contributed by atoms with Crippen molar-refractivity contribution >= 4 is 5.97 Å². The van der Waals surface area contributed by atoms with Gasteiger partial charge < -0.3 is 10.5 Å². The zero-order valence-electron chi connectivity index (χ0n) is 11.6. The molecule has 0 saturated carbocycles. The van der Waals surface area contributed by atoms with E-state index in [-0.39, 0.29) is 5.97 Å². The van der Waals surface area contributed by atoms with E-state index in [9.17, 15) is 4.79 Å². The molecule has 0 radical (unpaired) electrons. The van der Waals surface area contributed by atoms with Gasteiger partial charge in [0.1, 0.15) is 0 Å². The predicted octanol–water partition coefficient (Wildman–Crippen LogP) is 3.07. The second-order valence-electron chi connectivity index (χ2n) is 4.76. The SMILES string of the molecule is NCCCCCCC(=O)OCCCc1ccccc1. The standard InChI is InChI=1S/C16H25NO2/c17-13-7-2-1-6-12-16(18)19-14-8-11-15-9-4-3-5-10-15/h3-5,9-10H,1-2,6-8,11-14,17H2. The molecule has 0 heterocycles.